The van der Waals surface area contributed by atoms with Crippen molar-refractivity contribution >= 4 is 23.9 Å². The quantitative estimate of drug-likeness (QED) is 0.690. The molecule has 0 amide bonds. The van der Waals surface area contributed by atoms with Gasteiger partial charge in [0.25, 0.3) is 0 Å². The smallest absolute Gasteiger partial charge is 0.359 e. The largest absolute Gasteiger partial charge is 0.592 e. The first-order valence-electron chi connectivity index (χ1n) is 5.30. The Labute approximate surface area is 99.0 Å². The van der Waals surface area contributed by atoms with Gasteiger partial charge in [-0.3, -0.25) is 4.32 Å². The number of fused-ring (bicyclic) bond motifs is 2. The van der Waals surface area contributed by atoms with E-state index in [0.29, 0.717) is 0 Å². The Hall–Kier alpha value is -1.10. The maximum absolute atomic E-state index is 14.3. The highest BCUT2D eigenvalue weighted by molar-refractivity contribution is 8.07. The number of rotatable bonds is 1. The summed E-state index contributed by atoms with van der Waals surface area (Å²) in [6, 6.07) is 4.00. The minimum Gasteiger partial charge on any atom is -0.359 e. The Kier molecular flexibility index (Phi) is 2.17. The molecule has 3 heterocycles. The first kappa shape index (κ1) is 10.1. The second-order valence-corrected chi connectivity index (χ2v) is 4.85. The fourth-order valence-electron chi connectivity index (χ4n) is 2.38. The summed E-state index contributed by atoms with van der Waals surface area (Å²) in [5.74, 6) is 0. The SMILES string of the molecule is CSC1=C2C=CC(C)N2B(F)n2cccc21. The molecule has 3 rings (SSSR count). The summed E-state index contributed by atoms with van der Waals surface area (Å²) in [6.07, 6.45) is 7.91. The number of thioether (sulfide) groups is 1. The van der Waals surface area contributed by atoms with Gasteiger partial charge in [0, 0.05) is 17.4 Å². The van der Waals surface area contributed by atoms with Crippen LogP contribution in [0.5, 0.6) is 0 Å². The maximum Gasteiger partial charge on any atom is 0.592 e. The molecular weight excluding hydrogens is 222 g/mol. The van der Waals surface area contributed by atoms with Gasteiger partial charge in [-0.1, -0.05) is 6.08 Å². The maximum atomic E-state index is 14.3. The van der Waals surface area contributed by atoms with Gasteiger partial charge < -0.3 is 9.29 Å². The van der Waals surface area contributed by atoms with Crippen molar-refractivity contribution in [2.75, 3.05) is 6.26 Å². The summed E-state index contributed by atoms with van der Waals surface area (Å²) in [7, 11) is -1.08. The van der Waals surface area contributed by atoms with Crippen LogP contribution in [-0.2, 0) is 0 Å². The molecule has 2 nitrogen and oxygen atoms in total. The lowest BCUT2D eigenvalue weighted by atomic mass is 9.94. The summed E-state index contributed by atoms with van der Waals surface area (Å²) in [6.45, 7) is 2.02. The van der Waals surface area contributed by atoms with Crippen LogP contribution in [0.25, 0.3) is 4.91 Å². The van der Waals surface area contributed by atoms with Crippen molar-refractivity contribution in [2.24, 2.45) is 0 Å². The summed E-state index contributed by atoms with van der Waals surface area (Å²) >= 11 is 1.67. The molecule has 16 heavy (non-hydrogen) atoms. The van der Waals surface area contributed by atoms with Crippen molar-refractivity contribution in [3.63, 3.8) is 0 Å². The molecule has 0 aromatic carbocycles. The van der Waals surface area contributed by atoms with E-state index in [1.54, 1.807) is 22.4 Å². The van der Waals surface area contributed by atoms with E-state index in [-0.39, 0.29) is 6.04 Å². The van der Waals surface area contributed by atoms with Crippen molar-refractivity contribution in [2.45, 2.75) is 13.0 Å². The van der Waals surface area contributed by atoms with Crippen molar-refractivity contribution in [1.82, 2.24) is 9.29 Å². The van der Waals surface area contributed by atoms with Crippen molar-refractivity contribution in [3.8, 4) is 0 Å². The Morgan fingerprint density at radius 1 is 1.50 bits per heavy atom. The van der Waals surface area contributed by atoms with E-state index in [2.05, 4.69) is 0 Å². The first-order valence-corrected chi connectivity index (χ1v) is 6.52. The van der Waals surface area contributed by atoms with Crippen LogP contribution in [0.15, 0.2) is 36.2 Å². The second kappa shape index (κ2) is 3.45. The highest BCUT2D eigenvalue weighted by atomic mass is 32.2. The zero-order valence-electron chi connectivity index (χ0n) is 9.22. The lowest BCUT2D eigenvalue weighted by molar-refractivity contribution is 0.453. The molecule has 0 aliphatic carbocycles. The Morgan fingerprint density at radius 2 is 2.31 bits per heavy atom. The third kappa shape index (κ3) is 1.15. The Bertz CT molecular complexity index is 494. The van der Waals surface area contributed by atoms with Gasteiger partial charge in [0.1, 0.15) is 0 Å². The summed E-state index contributed by atoms with van der Waals surface area (Å²) in [5, 5.41) is 0. The van der Waals surface area contributed by atoms with E-state index in [1.807, 2.05) is 42.3 Å². The van der Waals surface area contributed by atoms with Crippen LogP contribution >= 0.6 is 11.8 Å². The van der Waals surface area contributed by atoms with Crippen molar-refractivity contribution in [3.05, 3.63) is 41.9 Å². The molecule has 2 aliphatic rings. The second-order valence-electron chi connectivity index (χ2n) is 4.04. The van der Waals surface area contributed by atoms with E-state index in [9.17, 15) is 4.32 Å². The van der Waals surface area contributed by atoms with E-state index in [4.69, 9.17) is 0 Å². The number of hydrogen-bond acceptors (Lipinski definition) is 2. The fraction of sp³-hybridized carbons (Fsp3) is 0.273. The van der Waals surface area contributed by atoms with E-state index in [1.165, 1.54) is 0 Å². The summed E-state index contributed by atoms with van der Waals surface area (Å²) < 4.78 is 16.0. The van der Waals surface area contributed by atoms with Crippen LogP contribution in [0, 0.1) is 0 Å². The van der Waals surface area contributed by atoms with E-state index in [0.717, 1.165) is 16.3 Å². The lowest BCUT2D eigenvalue weighted by Crippen LogP contribution is -2.46. The molecule has 1 aromatic rings. The average molecular weight is 234 g/mol. The first-order chi connectivity index (χ1) is 7.74. The highest BCUT2D eigenvalue weighted by Gasteiger charge is 2.40. The fourth-order valence-corrected chi connectivity index (χ4v) is 3.14. The number of allylic oxidation sites excluding steroid dienone is 1. The van der Waals surface area contributed by atoms with Gasteiger partial charge in [0.15, 0.2) is 0 Å². The zero-order chi connectivity index (χ0) is 11.3. The van der Waals surface area contributed by atoms with Gasteiger partial charge in [0.2, 0.25) is 0 Å². The van der Waals surface area contributed by atoms with Crippen molar-refractivity contribution < 1.29 is 4.32 Å². The van der Waals surface area contributed by atoms with Gasteiger partial charge in [-0.15, -0.1) is 11.8 Å². The van der Waals surface area contributed by atoms with Gasteiger partial charge in [-0.05, 0) is 37.6 Å². The van der Waals surface area contributed by atoms with Gasteiger partial charge in [0.05, 0.1) is 4.91 Å². The predicted octanol–water partition coefficient (Wildman–Crippen LogP) is 2.60. The van der Waals surface area contributed by atoms with E-state index < -0.39 is 7.26 Å². The molecule has 2 aliphatic heterocycles. The van der Waals surface area contributed by atoms with Crippen LogP contribution < -0.4 is 0 Å². The van der Waals surface area contributed by atoms with Crippen LogP contribution in [-0.4, -0.2) is 28.8 Å². The molecule has 82 valence electrons. The van der Waals surface area contributed by atoms with Gasteiger partial charge in [-0.2, -0.15) is 0 Å². The van der Waals surface area contributed by atoms with Crippen LogP contribution in [0.2, 0.25) is 0 Å². The van der Waals surface area contributed by atoms with Crippen LogP contribution in [0.4, 0.5) is 4.32 Å². The molecule has 1 atom stereocenters. The average Bonchev–Trinajstić information content (AvgIpc) is 2.87. The molecule has 0 saturated heterocycles. The predicted molar refractivity (Wildman–Crippen MR) is 67.6 cm³/mol. The van der Waals surface area contributed by atoms with Crippen LogP contribution in [0.1, 0.15) is 12.6 Å². The number of aromatic nitrogens is 1. The Morgan fingerprint density at radius 3 is 3.06 bits per heavy atom. The highest BCUT2D eigenvalue weighted by Crippen LogP contribution is 2.39. The minimum atomic E-state index is -1.08. The zero-order valence-corrected chi connectivity index (χ0v) is 10.0. The molecule has 1 aromatic heterocycles. The Balaban J connectivity index is 2.23. The van der Waals surface area contributed by atoms with Gasteiger partial charge >= 0.3 is 7.26 Å². The molecule has 5 heteroatoms. The lowest BCUT2D eigenvalue weighted by Gasteiger charge is -2.33. The summed E-state index contributed by atoms with van der Waals surface area (Å²) in [4.78, 5) is 2.97. The molecule has 0 radical (unpaired) electrons. The molecule has 0 N–H and O–H groups in total. The monoisotopic (exact) mass is 234 g/mol. The third-order valence-corrected chi connectivity index (χ3v) is 3.98. The molecular formula is C11H12BFN2S. The van der Waals surface area contributed by atoms with Crippen LogP contribution in [0.3, 0.4) is 0 Å². The third-order valence-electron chi connectivity index (χ3n) is 3.16. The standard InChI is InChI=1S/C11H12BFN2S/c1-8-5-6-10-11(16-2)9-4-3-7-14(9)12(13)15(8)10/h3-8H,1-2H3. The number of nitrogens with zero attached hydrogens (tertiary/aromatic N) is 2. The topological polar surface area (TPSA) is 8.17 Å². The molecule has 0 spiro atoms. The molecule has 1 unspecified atom stereocenters. The van der Waals surface area contributed by atoms with Gasteiger partial charge in [-0.25, -0.2) is 0 Å². The number of halogens is 1. The minimum absolute atomic E-state index is 0.127. The van der Waals surface area contributed by atoms with E-state index >= 15 is 0 Å². The molecule has 0 bridgehead atoms. The molecule has 0 saturated carbocycles. The van der Waals surface area contributed by atoms with Crippen molar-refractivity contribution in [1.29, 1.82) is 0 Å². The molecule has 0 fully saturated rings. The normalized spacial score (nSPS) is 22.8. The number of hydrogen-bond donors (Lipinski definition) is 0. The summed E-state index contributed by atoms with van der Waals surface area (Å²) in [5.41, 5.74) is 1.99.